The summed E-state index contributed by atoms with van der Waals surface area (Å²) in [6.07, 6.45) is 3.42. The zero-order valence-electron chi connectivity index (χ0n) is 18.0. The van der Waals surface area contributed by atoms with Crippen LogP contribution in [0.1, 0.15) is 51.6 Å². The van der Waals surface area contributed by atoms with E-state index in [1.165, 1.54) is 6.42 Å². The van der Waals surface area contributed by atoms with E-state index in [2.05, 4.69) is 43.7 Å². The lowest BCUT2D eigenvalue weighted by atomic mass is 10.0. The molecular formula is C24H29N3O2S. The molecule has 0 amide bonds. The van der Waals surface area contributed by atoms with E-state index in [4.69, 9.17) is 4.99 Å². The molecule has 3 aromatic rings. The Morgan fingerprint density at radius 1 is 1.07 bits per heavy atom. The van der Waals surface area contributed by atoms with Crippen LogP contribution >= 0.6 is 11.3 Å². The van der Waals surface area contributed by atoms with E-state index < -0.39 is 0 Å². The molecule has 1 atom stereocenters. The number of aromatic nitrogens is 1. The first kappa shape index (κ1) is 22.0. The molecule has 1 aromatic heterocycles. The molecule has 0 saturated heterocycles. The molecule has 0 radical (unpaired) electrons. The molecule has 0 aliphatic rings. The van der Waals surface area contributed by atoms with E-state index in [-0.39, 0.29) is 16.7 Å². The highest BCUT2D eigenvalue weighted by atomic mass is 32.1. The van der Waals surface area contributed by atoms with Crippen LogP contribution in [0.15, 0.2) is 58.9 Å². The van der Waals surface area contributed by atoms with Crippen LogP contribution in [0.25, 0.3) is 11.3 Å². The monoisotopic (exact) mass is 423 g/mol. The summed E-state index contributed by atoms with van der Waals surface area (Å²) < 4.78 is 2.29. The van der Waals surface area contributed by atoms with Crippen LogP contribution in [0, 0.1) is 23.0 Å². The number of thiazole rings is 1. The molecule has 158 valence electrons. The third kappa shape index (κ3) is 5.25. The van der Waals surface area contributed by atoms with Gasteiger partial charge >= 0.3 is 0 Å². The van der Waals surface area contributed by atoms with Crippen molar-refractivity contribution in [2.75, 3.05) is 0 Å². The molecule has 6 heteroatoms. The van der Waals surface area contributed by atoms with Gasteiger partial charge in [-0.05, 0) is 55.5 Å². The number of hydrogen-bond acceptors (Lipinski definition) is 4. The lowest BCUT2D eigenvalue weighted by molar-refractivity contribution is -0.384. The minimum atomic E-state index is -0.362. The fourth-order valence-corrected chi connectivity index (χ4v) is 4.54. The summed E-state index contributed by atoms with van der Waals surface area (Å²) in [4.78, 5) is 16.6. The van der Waals surface area contributed by atoms with E-state index in [1.54, 1.807) is 23.5 Å². The molecule has 0 saturated carbocycles. The highest BCUT2D eigenvalue weighted by Gasteiger charge is 2.16. The zero-order valence-corrected chi connectivity index (χ0v) is 18.9. The normalized spacial score (nSPS) is 13.0. The number of nitrogens with zero attached hydrogens (tertiary/aromatic N) is 3. The van der Waals surface area contributed by atoms with Gasteiger partial charge in [-0.3, -0.25) is 10.1 Å². The molecule has 3 rings (SSSR count). The summed E-state index contributed by atoms with van der Waals surface area (Å²) in [5.41, 5.74) is 4.24. The van der Waals surface area contributed by atoms with Crippen LogP contribution in [0.3, 0.4) is 0 Å². The van der Waals surface area contributed by atoms with E-state index in [9.17, 15) is 10.1 Å². The molecule has 0 aliphatic heterocycles. The second kappa shape index (κ2) is 9.85. The molecule has 0 N–H and O–H groups in total. The Labute approximate surface area is 181 Å². The second-order valence-corrected chi connectivity index (χ2v) is 8.99. The molecule has 0 spiro atoms. The largest absolute Gasteiger partial charge is 0.314 e. The Morgan fingerprint density at radius 3 is 2.40 bits per heavy atom. The third-order valence-corrected chi connectivity index (χ3v) is 6.13. The van der Waals surface area contributed by atoms with Crippen molar-refractivity contribution >= 4 is 22.7 Å². The third-order valence-electron chi connectivity index (χ3n) is 5.29. The molecule has 0 aliphatic carbocycles. The van der Waals surface area contributed by atoms with Crippen molar-refractivity contribution in [2.45, 2.75) is 53.0 Å². The second-order valence-electron chi connectivity index (χ2n) is 8.15. The minimum absolute atomic E-state index is 0.107. The summed E-state index contributed by atoms with van der Waals surface area (Å²) in [5, 5.41) is 13.1. The van der Waals surface area contributed by atoms with Crippen molar-refractivity contribution in [3.8, 4) is 11.3 Å². The van der Waals surface area contributed by atoms with Crippen LogP contribution in [0.2, 0.25) is 0 Å². The van der Waals surface area contributed by atoms with Gasteiger partial charge in [0.15, 0.2) is 4.80 Å². The van der Waals surface area contributed by atoms with Crippen molar-refractivity contribution in [2.24, 2.45) is 10.9 Å². The number of rotatable bonds is 8. The fraction of sp³-hybridized carbons (Fsp3) is 0.375. The maximum Gasteiger partial charge on any atom is 0.269 e. The van der Waals surface area contributed by atoms with Crippen molar-refractivity contribution in [3.63, 3.8) is 0 Å². The van der Waals surface area contributed by atoms with Gasteiger partial charge < -0.3 is 4.57 Å². The highest BCUT2D eigenvalue weighted by Crippen LogP contribution is 2.28. The van der Waals surface area contributed by atoms with Crippen LogP contribution < -0.4 is 4.80 Å². The Bertz CT molecular complexity index is 1060. The van der Waals surface area contributed by atoms with Crippen LogP contribution in [-0.4, -0.2) is 9.49 Å². The molecule has 1 heterocycles. The van der Waals surface area contributed by atoms with E-state index in [0.29, 0.717) is 5.92 Å². The number of para-hydroxylation sites is 1. The van der Waals surface area contributed by atoms with Gasteiger partial charge in [0.25, 0.3) is 5.69 Å². The summed E-state index contributed by atoms with van der Waals surface area (Å²) in [6.45, 7) is 8.81. The number of nitro benzene ring substituents is 1. The standard InChI is InChI=1S/C24H29N3O2S/c1-17(2)8-7-10-19(4)26-23(20-12-14-21(15-13-20)27(28)29)16-30-24(26)25-22-11-6-5-9-18(22)3/h5-6,9,11-17,19H,7-8,10H2,1-4H3. The highest BCUT2D eigenvalue weighted by molar-refractivity contribution is 7.07. The minimum Gasteiger partial charge on any atom is -0.314 e. The van der Waals surface area contributed by atoms with E-state index >= 15 is 0 Å². The SMILES string of the molecule is Cc1ccccc1N=c1scc(-c2ccc([N+](=O)[O-])cc2)n1C(C)CCCC(C)C. The van der Waals surface area contributed by atoms with Gasteiger partial charge in [0.1, 0.15) is 0 Å². The van der Waals surface area contributed by atoms with Crippen molar-refractivity contribution in [3.05, 3.63) is 74.4 Å². The first-order chi connectivity index (χ1) is 14.4. The fourth-order valence-electron chi connectivity index (χ4n) is 3.53. The van der Waals surface area contributed by atoms with Gasteiger partial charge in [0, 0.05) is 23.6 Å². The van der Waals surface area contributed by atoms with Gasteiger partial charge in [0.2, 0.25) is 0 Å². The van der Waals surface area contributed by atoms with Gasteiger partial charge in [-0.2, -0.15) is 0 Å². The Balaban J connectivity index is 2.05. The first-order valence-corrected chi connectivity index (χ1v) is 11.3. The van der Waals surface area contributed by atoms with Crippen LogP contribution in [0.5, 0.6) is 0 Å². The lowest BCUT2D eigenvalue weighted by Crippen LogP contribution is -2.20. The summed E-state index contributed by atoms with van der Waals surface area (Å²) in [7, 11) is 0. The molecule has 0 bridgehead atoms. The maximum absolute atomic E-state index is 11.0. The van der Waals surface area contributed by atoms with Crippen molar-refractivity contribution in [1.82, 2.24) is 4.57 Å². The predicted molar refractivity (Wildman–Crippen MR) is 124 cm³/mol. The maximum atomic E-state index is 11.0. The number of benzene rings is 2. The van der Waals surface area contributed by atoms with Gasteiger partial charge in [-0.25, -0.2) is 4.99 Å². The summed E-state index contributed by atoms with van der Waals surface area (Å²) in [6, 6.07) is 15.2. The molecule has 2 aromatic carbocycles. The Kier molecular flexibility index (Phi) is 7.21. The van der Waals surface area contributed by atoms with Crippen LogP contribution in [-0.2, 0) is 0 Å². The molecular weight excluding hydrogens is 394 g/mol. The van der Waals surface area contributed by atoms with Gasteiger partial charge in [-0.1, -0.05) is 44.9 Å². The molecule has 30 heavy (non-hydrogen) atoms. The Hall–Kier alpha value is -2.73. The summed E-state index contributed by atoms with van der Waals surface area (Å²) >= 11 is 1.62. The van der Waals surface area contributed by atoms with Crippen molar-refractivity contribution < 1.29 is 4.92 Å². The zero-order chi connectivity index (χ0) is 21.7. The molecule has 1 unspecified atom stereocenters. The lowest BCUT2D eigenvalue weighted by Gasteiger charge is -2.18. The average Bonchev–Trinajstić information content (AvgIpc) is 3.13. The van der Waals surface area contributed by atoms with Gasteiger partial charge in [0.05, 0.1) is 16.3 Å². The smallest absolute Gasteiger partial charge is 0.269 e. The van der Waals surface area contributed by atoms with Crippen LogP contribution in [0.4, 0.5) is 11.4 Å². The molecule has 0 fully saturated rings. The number of nitro groups is 1. The van der Waals surface area contributed by atoms with Gasteiger partial charge in [-0.15, -0.1) is 11.3 Å². The van der Waals surface area contributed by atoms with E-state index in [0.717, 1.165) is 40.2 Å². The first-order valence-electron chi connectivity index (χ1n) is 10.4. The number of non-ortho nitro benzene ring substituents is 1. The summed E-state index contributed by atoms with van der Waals surface area (Å²) in [5.74, 6) is 0.690. The topological polar surface area (TPSA) is 60.4 Å². The average molecular weight is 424 g/mol. The number of aryl methyl sites for hydroxylation is 1. The van der Waals surface area contributed by atoms with E-state index in [1.807, 2.05) is 30.3 Å². The Morgan fingerprint density at radius 2 is 1.77 bits per heavy atom. The predicted octanol–water partition coefficient (Wildman–Crippen LogP) is 7.05. The number of hydrogen-bond donors (Lipinski definition) is 0. The van der Waals surface area contributed by atoms with Crippen molar-refractivity contribution in [1.29, 1.82) is 0 Å². The molecule has 5 nitrogen and oxygen atoms in total. The quantitative estimate of drug-likeness (QED) is 0.288.